The van der Waals surface area contributed by atoms with Gasteiger partial charge in [0.2, 0.25) is 5.91 Å². The van der Waals surface area contributed by atoms with E-state index in [4.69, 9.17) is 16.3 Å². The fraction of sp³-hybridized carbons (Fsp3) is 0.158. The van der Waals surface area contributed by atoms with Crippen LogP contribution in [0.4, 0.5) is 5.69 Å². The molecular weight excluding hydrogens is 372 g/mol. The Hall–Kier alpha value is -2.44. The van der Waals surface area contributed by atoms with Gasteiger partial charge in [0.15, 0.2) is 0 Å². The van der Waals surface area contributed by atoms with E-state index in [0.29, 0.717) is 33.4 Å². The quantitative estimate of drug-likeness (QED) is 0.723. The van der Waals surface area contributed by atoms with Crippen LogP contribution < -0.4 is 9.64 Å². The molecule has 1 aliphatic heterocycles. The van der Waals surface area contributed by atoms with E-state index >= 15 is 0 Å². The van der Waals surface area contributed by atoms with Crippen LogP contribution in [0.1, 0.15) is 11.1 Å². The van der Waals surface area contributed by atoms with Gasteiger partial charge < -0.3 is 9.84 Å². The van der Waals surface area contributed by atoms with Crippen molar-refractivity contribution in [3.05, 3.63) is 59.2 Å². The first kappa shape index (κ1) is 17.0. The highest BCUT2D eigenvalue weighted by atomic mass is 35.5. The molecule has 1 unspecified atom stereocenters. The Morgan fingerprint density at radius 3 is 2.88 bits per heavy atom. The molecule has 1 aliphatic rings. The molecule has 0 saturated carbocycles. The number of hydrogen-bond donors (Lipinski definition) is 1. The molecule has 0 radical (unpaired) electrons. The number of aromatic nitrogens is 1. The standard InChI is InChI=1S/C19H15ClN2O3S/c1-25-16-8-6-12(9-13(16)20)22-17(24)10-26-19(22)14-7-5-11-3-2-4-15(23)18(11)21-14/h2-9,19,23H,10H2,1H3. The predicted octanol–water partition coefficient (Wildman–Crippen LogP) is 4.38. The van der Waals surface area contributed by atoms with E-state index in [1.807, 2.05) is 18.2 Å². The number of nitrogens with zero attached hydrogens (tertiary/aromatic N) is 2. The van der Waals surface area contributed by atoms with Gasteiger partial charge >= 0.3 is 0 Å². The summed E-state index contributed by atoms with van der Waals surface area (Å²) in [5.74, 6) is 1.02. The van der Waals surface area contributed by atoms with Gasteiger partial charge in [0.05, 0.1) is 23.6 Å². The molecule has 4 rings (SSSR count). The number of para-hydroxylation sites is 1. The van der Waals surface area contributed by atoms with Crippen LogP contribution in [-0.2, 0) is 4.79 Å². The Kier molecular flexibility index (Phi) is 4.38. The zero-order chi connectivity index (χ0) is 18.3. The van der Waals surface area contributed by atoms with Crippen LogP contribution in [0.2, 0.25) is 5.02 Å². The van der Waals surface area contributed by atoms with Crippen LogP contribution in [0.3, 0.4) is 0 Å². The van der Waals surface area contributed by atoms with Gasteiger partial charge in [-0.2, -0.15) is 0 Å². The first-order chi connectivity index (χ1) is 12.6. The van der Waals surface area contributed by atoms with E-state index in [0.717, 1.165) is 5.39 Å². The zero-order valence-electron chi connectivity index (χ0n) is 13.8. The second-order valence-electron chi connectivity index (χ2n) is 5.83. The first-order valence-corrected chi connectivity index (χ1v) is 9.37. The monoisotopic (exact) mass is 386 g/mol. The van der Waals surface area contributed by atoms with E-state index in [2.05, 4.69) is 4.98 Å². The van der Waals surface area contributed by atoms with Crippen LogP contribution >= 0.6 is 23.4 Å². The molecule has 5 nitrogen and oxygen atoms in total. The third kappa shape index (κ3) is 2.85. The first-order valence-electron chi connectivity index (χ1n) is 7.94. The average Bonchev–Trinajstić information content (AvgIpc) is 3.03. The number of phenolic OH excluding ortho intramolecular Hbond substituents is 1. The second kappa shape index (κ2) is 6.70. The van der Waals surface area contributed by atoms with Gasteiger partial charge in [-0.05, 0) is 30.3 Å². The maximum Gasteiger partial charge on any atom is 0.238 e. The molecule has 132 valence electrons. The molecule has 26 heavy (non-hydrogen) atoms. The van der Waals surface area contributed by atoms with E-state index < -0.39 is 0 Å². The molecule has 7 heteroatoms. The largest absolute Gasteiger partial charge is 0.506 e. The molecule has 1 fully saturated rings. The molecule has 1 N–H and O–H groups in total. The molecular formula is C19H15ClN2O3S. The van der Waals surface area contributed by atoms with Crippen molar-refractivity contribution in [2.24, 2.45) is 0 Å². The van der Waals surface area contributed by atoms with E-state index in [9.17, 15) is 9.90 Å². The van der Waals surface area contributed by atoms with Crippen molar-refractivity contribution in [3.63, 3.8) is 0 Å². The Labute approximate surface area is 159 Å². The van der Waals surface area contributed by atoms with Gasteiger partial charge in [0.25, 0.3) is 0 Å². The molecule has 2 aromatic carbocycles. The molecule has 1 aromatic heterocycles. The number of thioether (sulfide) groups is 1. The predicted molar refractivity (Wildman–Crippen MR) is 104 cm³/mol. The van der Waals surface area contributed by atoms with Crippen molar-refractivity contribution >= 4 is 45.9 Å². The number of anilines is 1. The average molecular weight is 387 g/mol. The molecule has 1 atom stereocenters. The minimum Gasteiger partial charge on any atom is -0.506 e. The fourth-order valence-corrected chi connectivity index (χ4v) is 4.39. The highest BCUT2D eigenvalue weighted by Crippen LogP contribution is 2.43. The van der Waals surface area contributed by atoms with Crippen LogP contribution in [0.25, 0.3) is 10.9 Å². The lowest BCUT2D eigenvalue weighted by Crippen LogP contribution is -2.28. The van der Waals surface area contributed by atoms with Crippen LogP contribution in [0.5, 0.6) is 11.5 Å². The van der Waals surface area contributed by atoms with Gasteiger partial charge in [-0.3, -0.25) is 9.69 Å². The van der Waals surface area contributed by atoms with Crippen LogP contribution in [-0.4, -0.2) is 28.9 Å². The number of rotatable bonds is 3. The molecule has 0 bridgehead atoms. The van der Waals surface area contributed by atoms with Gasteiger partial charge in [0, 0.05) is 11.1 Å². The van der Waals surface area contributed by atoms with Gasteiger partial charge in [0.1, 0.15) is 22.4 Å². The van der Waals surface area contributed by atoms with Crippen molar-refractivity contribution in [3.8, 4) is 11.5 Å². The summed E-state index contributed by atoms with van der Waals surface area (Å²) < 4.78 is 5.18. The minimum absolute atomic E-state index is 0.0135. The SMILES string of the molecule is COc1ccc(N2C(=O)CSC2c2ccc3cccc(O)c3n2)cc1Cl. The number of ether oxygens (including phenoxy) is 1. The highest BCUT2D eigenvalue weighted by molar-refractivity contribution is 8.00. The van der Waals surface area contributed by atoms with Gasteiger partial charge in [-0.25, -0.2) is 4.98 Å². The number of carbonyl (C=O) groups excluding carboxylic acids is 1. The number of methoxy groups -OCH3 is 1. The number of amides is 1. The molecule has 0 aliphatic carbocycles. The minimum atomic E-state index is -0.282. The second-order valence-corrected chi connectivity index (χ2v) is 7.31. The number of pyridine rings is 1. The lowest BCUT2D eigenvalue weighted by molar-refractivity contribution is -0.115. The number of hydrogen-bond acceptors (Lipinski definition) is 5. The van der Waals surface area contributed by atoms with Crippen molar-refractivity contribution in [1.29, 1.82) is 0 Å². The van der Waals surface area contributed by atoms with Crippen molar-refractivity contribution in [1.82, 2.24) is 4.98 Å². The Morgan fingerprint density at radius 2 is 2.12 bits per heavy atom. The third-order valence-corrected chi connectivity index (χ3v) is 5.73. The van der Waals surface area contributed by atoms with Crippen LogP contribution in [0.15, 0.2) is 48.5 Å². The number of carbonyl (C=O) groups is 1. The third-order valence-electron chi connectivity index (χ3n) is 4.25. The Morgan fingerprint density at radius 1 is 1.27 bits per heavy atom. The van der Waals surface area contributed by atoms with Crippen molar-refractivity contribution in [2.45, 2.75) is 5.37 Å². The molecule has 2 heterocycles. The summed E-state index contributed by atoms with van der Waals surface area (Å²) in [4.78, 5) is 18.8. The summed E-state index contributed by atoms with van der Waals surface area (Å²) in [5.41, 5.74) is 1.93. The summed E-state index contributed by atoms with van der Waals surface area (Å²) in [6, 6.07) is 14.3. The Bertz CT molecular complexity index is 1010. The number of benzene rings is 2. The summed E-state index contributed by atoms with van der Waals surface area (Å²) in [6.07, 6.45) is 0. The van der Waals surface area contributed by atoms with Gasteiger partial charge in [-0.15, -0.1) is 11.8 Å². The summed E-state index contributed by atoms with van der Waals surface area (Å²) in [6.45, 7) is 0. The van der Waals surface area contributed by atoms with E-state index in [-0.39, 0.29) is 17.0 Å². The maximum atomic E-state index is 12.5. The number of aromatic hydroxyl groups is 1. The Balaban J connectivity index is 1.77. The lowest BCUT2D eigenvalue weighted by Gasteiger charge is -2.24. The normalized spacial score (nSPS) is 17.1. The van der Waals surface area contributed by atoms with Crippen LogP contribution in [0, 0.1) is 0 Å². The molecule has 0 spiro atoms. The zero-order valence-corrected chi connectivity index (χ0v) is 15.4. The molecule has 1 saturated heterocycles. The fourth-order valence-electron chi connectivity index (χ4n) is 3.01. The highest BCUT2D eigenvalue weighted by Gasteiger charge is 2.35. The molecule has 3 aromatic rings. The molecule has 1 amide bonds. The van der Waals surface area contributed by atoms with Gasteiger partial charge in [-0.1, -0.05) is 29.8 Å². The van der Waals surface area contributed by atoms with E-state index in [1.165, 1.54) is 11.8 Å². The smallest absolute Gasteiger partial charge is 0.238 e. The topological polar surface area (TPSA) is 62.7 Å². The summed E-state index contributed by atoms with van der Waals surface area (Å²) in [7, 11) is 1.55. The summed E-state index contributed by atoms with van der Waals surface area (Å²) in [5, 5.41) is 11.1. The van der Waals surface area contributed by atoms with Crippen molar-refractivity contribution < 1.29 is 14.6 Å². The number of halogens is 1. The van der Waals surface area contributed by atoms with Crippen molar-refractivity contribution in [2.75, 3.05) is 17.8 Å². The lowest BCUT2D eigenvalue weighted by atomic mass is 10.1. The summed E-state index contributed by atoms with van der Waals surface area (Å²) >= 11 is 7.72. The number of phenols is 1. The number of fused-ring (bicyclic) bond motifs is 1. The maximum absolute atomic E-state index is 12.5. The van der Waals surface area contributed by atoms with E-state index in [1.54, 1.807) is 42.3 Å².